The van der Waals surface area contributed by atoms with Crippen LogP contribution in [-0.4, -0.2) is 11.2 Å². The summed E-state index contributed by atoms with van der Waals surface area (Å²) in [6.45, 7) is 8.80. The molecule has 1 aliphatic rings. The van der Waals surface area contributed by atoms with Crippen LogP contribution in [0.4, 0.5) is 0 Å². The molecule has 1 aromatic rings. The molecular formula is C17H26O. The van der Waals surface area contributed by atoms with Crippen molar-refractivity contribution in [2.45, 2.75) is 59.0 Å². The number of aliphatic hydroxyl groups is 1. The summed E-state index contributed by atoms with van der Waals surface area (Å²) in [5.41, 5.74) is 2.91. The van der Waals surface area contributed by atoms with Crippen molar-refractivity contribution in [2.75, 3.05) is 0 Å². The van der Waals surface area contributed by atoms with Gasteiger partial charge in [0.15, 0.2) is 0 Å². The molecule has 1 fully saturated rings. The first-order valence-corrected chi connectivity index (χ1v) is 7.37. The Balaban J connectivity index is 2.30. The second-order valence-electron chi connectivity index (χ2n) is 5.82. The fourth-order valence-corrected chi connectivity index (χ4v) is 4.00. The van der Waals surface area contributed by atoms with Gasteiger partial charge in [-0.1, -0.05) is 52.0 Å². The molecule has 0 spiro atoms. The first-order valence-electron chi connectivity index (χ1n) is 7.37. The van der Waals surface area contributed by atoms with Crippen molar-refractivity contribution in [2.24, 2.45) is 11.3 Å². The van der Waals surface area contributed by atoms with Crippen LogP contribution in [0.2, 0.25) is 0 Å². The van der Waals surface area contributed by atoms with E-state index in [-0.39, 0.29) is 11.5 Å². The van der Waals surface area contributed by atoms with Crippen LogP contribution in [0.1, 0.15) is 57.6 Å². The predicted molar refractivity (Wildman–Crippen MR) is 76.7 cm³/mol. The Bertz CT molecular complexity index is 389. The summed E-state index contributed by atoms with van der Waals surface area (Å²) in [5, 5.41) is 10.4. The van der Waals surface area contributed by atoms with Gasteiger partial charge in [0.25, 0.3) is 0 Å². The maximum absolute atomic E-state index is 10.4. The van der Waals surface area contributed by atoms with Crippen LogP contribution >= 0.6 is 0 Å². The predicted octanol–water partition coefficient (Wildman–Crippen LogP) is 4.15. The van der Waals surface area contributed by atoms with Crippen molar-refractivity contribution < 1.29 is 5.11 Å². The zero-order chi connectivity index (χ0) is 13.3. The van der Waals surface area contributed by atoms with E-state index < -0.39 is 0 Å². The van der Waals surface area contributed by atoms with E-state index in [1.807, 2.05) is 0 Å². The Morgan fingerprint density at radius 3 is 2.06 bits per heavy atom. The second kappa shape index (κ2) is 5.05. The number of hydrogen-bond acceptors (Lipinski definition) is 1. The molecule has 1 saturated carbocycles. The van der Waals surface area contributed by atoms with Crippen LogP contribution in [-0.2, 0) is 6.42 Å². The van der Waals surface area contributed by atoms with Gasteiger partial charge in [0.05, 0.1) is 6.10 Å². The fraction of sp³-hybridized carbons (Fsp3) is 0.647. The molecule has 3 unspecified atom stereocenters. The van der Waals surface area contributed by atoms with Crippen LogP contribution in [0.15, 0.2) is 24.3 Å². The molecule has 0 aromatic heterocycles. The highest BCUT2D eigenvalue weighted by Crippen LogP contribution is 2.60. The first kappa shape index (κ1) is 13.6. The summed E-state index contributed by atoms with van der Waals surface area (Å²) in [5.74, 6) is 0.908. The third kappa shape index (κ3) is 1.80. The molecule has 0 radical (unpaired) electrons. The molecule has 3 atom stereocenters. The molecule has 1 aromatic carbocycles. The smallest absolute Gasteiger partial charge is 0.0633 e. The lowest BCUT2D eigenvalue weighted by molar-refractivity contribution is -0.142. The summed E-state index contributed by atoms with van der Waals surface area (Å²) in [6.07, 6.45) is 3.09. The van der Waals surface area contributed by atoms with Crippen molar-refractivity contribution >= 4 is 0 Å². The molecule has 1 heteroatoms. The van der Waals surface area contributed by atoms with Crippen LogP contribution in [0.5, 0.6) is 0 Å². The second-order valence-corrected chi connectivity index (χ2v) is 5.82. The molecular weight excluding hydrogens is 220 g/mol. The van der Waals surface area contributed by atoms with E-state index in [4.69, 9.17) is 0 Å². The Hall–Kier alpha value is -0.820. The SMILES string of the molecule is CCc1ccc(C2C(C)C(O)C2(CC)CC)cc1. The largest absolute Gasteiger partial charge is 0.392 e. The highest BCUT2D eigenvalue weighted by Gasteiger charge is 2.57. The lowest BCUT2D eigenvalue weighted by Gasteiger charge is -2.58. The summed E-state index contributed by atoms with van der Waals surface area (Å²) < 4.78 is 0. The number of aliphatic hydroxyl groups excluding tert-OH is 1. The third-order valence-corrected chi connectivity index (χ3v) is 5.30. The maximum atomic E-state index is 10.4. The lowest BCUT2D eigenvalue weighted by atomic mass is 9.48. The highest BCUT2D eigenvalue weighted by molar-refractivity contribution is 5.32. The van der Waals surface area contributed by atoms with E-state index in [1.54, 1.807) is 0 Å². The van der Waals surface area contributed by atoms with Crippen molar-refractivity contribution in [3.8, 4) is 0 Å². The van der Waals surface area contributed by atoms with Gasteiger partial charge in [-0.3, -0.25) is 0 Å². The van der Waals surface area contributed by atoms with Gasteiger partial charge in [0, 0.05) is 5.41 Å². The summed E-state index contributed by atoms with van der Waals surface area (Å²) in [4.78, 5) is 0. The standard InChI is InChI=1S/C17H26O/c1-5-13-8-10-14(11-9-13)15-12(4)16(18)17(15,6-2)7-3/h8-12,15-16,18H,5-7H2,1-4H3. The minimum atomic E-state index is -0.136. The molecule has 0 amide bonds. The Morgan fingerprint density at radius 1 is 1.06 bits per heavy atom. The van der Waals surface area contributed by atoms with Gasteiger partial charge in [-0.15, -0.1) is 0 Å². The van der Waals surface area contributed by atoms with Crippen molar-refractivity contribution in [1.29, 1.82) is 0 Å². The molecule has 0 saturated heterocycles. The van der Waals surface area contributed by atoms with E-state index in [1.165, 1.54) is 11.1 Å². The molecule has 0 heterocycles. The summed E-state index contributed by atoms with van der Waals surface area (Å²) in [6, 6.07) is 9.02. The van der Waals surface area contributed by atoms with E-state index in [9.17, 15) is 5.11 Å². The summed E-state index contributed by atoms with van der Waals surface area (Å²) in [7, 11) is 0. The van der Waals surface area contributed by atoms with Gasteiger partial charge >= 0.3 is 0 Å². The van der Waals surface area contributed by atoms with Gasteiger partial charge in [-0.05, 0) is 42.2 Å². The Kier molecular flexibility index (Phi) is 3.82. The highest BCUT2D eigenvalue weighted by atomic mass is 16.3. The minimum absolute atomic E-state index is 0.104. The lowest BCUT2D eigenvalue weighted by Crippen LogP contribution is -2.57. The van der Waals surface area contributed by atoms with Crippen LogP contribution < -0.4 is 0 Å². The molecule has 0 bridgehead atoms. The molecule has 0 aliphatic heterocycles. The van der Waals surface area contributed by atoms with E-state index in [0.29, 0.717) is 11.8 Å². The molecule has 1 N–H and O–H groups in total. The molecule has 2 rings (SSSR count). The van der Waals surface area contributed by atoms with Gasteiger partial charge in [0.1, 0.15) is 0 Å². The monoisotopic (exact) mass is 246 g/mol. The van der Waals surface area contributed by atoms with E-state index in [2.05, 4.69) is 52.0 Å². The first-order chi connectivity index (χ1) is 8.60. The zero-order valence-electron chi connectivity index (χ0n) is 12.1. The minimum Gasteiger partial charge on any atom is -0.392 e. The van der Waals surface area contributed by atoms with Crippen molar-refractivity contribution in [3.63, 3.8) is 0 Å². The van der Waals surface area contributed by atoms with Gasteiger partial charge in [0.2, 0.25) is 0 Å². The van der Waals surface area contributed by atoms with Gasteiger partial charge < -0.3 is 5.11 Å². The van der Waals surface area contributed by atoms with Crippen LogP contribution in [0, 0.1) is 11.3 Å². The average Bonchev–Trinajstić information content (AvgIpc) is 2.43. The molecule has 1 aliphatic carbocycles. The molecule has 100 valence electrons. The van der Waals surface area contributed by atoms with Crippen LogP contribution in [0.3, 0.4) is 0 Å². The summed E-state index contributed by atoms with van der Waals surface area (Å²) >= 11 is 0. The van der Waals surface area contributed by atoms with Gasteiger partial charge in [-0.2, -0.15) is 0 Å². The van der Waals surface area contributed by atoms with Gasteiger partial charge in [-0.25, -0.2) is 0 Å². The topological polar surface area (TPSA) is 20.2 Å². The van der Waals surface area contributed by atoms with E-state index in [0.717, 1.165) is 19.3 Å². The Morgan fingerprint density at radius 2 is 1.61 bits per heavy atom. The van der Waals surface area contributed by atoms with Crippen molar-refractivity contribution in [1.82, 2.24) is 0 Å². The quantitative estimate of drug-likeness (QED) is 0.846. The normalized spacial score (nSPS) is 29.9. The number of rotatable bonds is 4. The maximum Gasteiger partial charge on any atom is 0.0633 e. The number of benzene rings is 1. The zero-order valence-corrected chi connectivity index (χ0v) is 12.1. The van der Waals surface area contributed by atoms with Crippen LogP contribution in [0.25, 0.3) is 0 Å². The Labute approximate surface area is 111 Å². The van der Waals surface area contributed by atoms with Crippen molar-refractivity contribution in [3.05, 3.63) is 35.4 Å². The number of hydrogen-bond donors (Lipinski definition) is 1. The molecule has 1 nitrogen and oxygen atoms in total. The molecule has 18 heavy (non-hydrogen) atoms. The number of aryl methyl sites for hydroxylation is 1. The third-order valence-electron chi connectivity index (χ3n) is 5.30. The fourth-order valence-electron chi connectivity index (χ4n) is 4.00. The van der Waals surface area contributed by atoms with E-state index >= 15 is 0 Å². The average molecular weight is 246 g/mol.